The molecule has 1 aliphatic rings. The minimum atomic E-state index is 0.443. The van der Waals surface area contributed by atoms with E-state index < -0.39 is 0 Å². The number of likely N-dealkylation sites (tertiary alicyclic amines) is 1. The molecule has 2 rings (SSSR count). The molecule has 1 fully saturated rings. The van der Waals surface area contributed by atoms with Gasteiger partial charge in [-0.2, -0.15) is 0 Å². The summed E-state index contributed by atoms with van der Waals surface area (Å²) in [5, 5.41) is 8.42. The number of rotatable bonds is 2. The Morgan fingerprint density at radius 1 is 1.44 bits per heavy atom. The van der Waals surface area contributed by atoms with Crippen molar-refractivity contribution in [2.45, 2.75) is 18.9 Å². The molecule has 0 bridgehead atoms. The molecule has 0 amide bonds. The van der Waals surface area contributed by atoms with E-state index in [0.717, 1.165) is 12.4 Å². The van der Waals surface area contributed by atoms with E-state index in [1.54, 1.807) is 6.07 Å². The van der Waals surface area contributed by atoms with E-state index in [-0.39, 0.29) is 0 Å². The van der Waals surface area contributed by atoms with Crippen LogP contribution in [0.5, 0.6) is 0 Å². The highest BCUT2D eigenvalue weighted by Crippen LogP contribution is 2.19. The highest BCUT2D eigenvalue weighted by Gasteiger charge is 2.21. The average Bonchev–Trinajstić information content (AvgIpc) is 2.29. The molecular weight excluding hydrogens is 224 g/mol. The molecule has 16 heavy (non-hydrogen) atoms. The zero-order valence-electron chi connectivity index (χ0n) is 9.73. The molecule has 1 aromatic rings. The van der Waals surface area contributed by atoms with Crippen molar-refractivity contribution < 1.29 is 0 Å². The molecule has 0 aliphatic carbocycles. The molecule has 0 radical (unpaired) electrons. The first-order chi connectivity index (χ1) is 7.66. The molecule has 1 atom stereocenters. The third kappa shape index (κ3) is 2.62. The van der Waals surface area contributed by atoms with Gasteiger partial charge in [0, 0.05) is 19.6 Å². The highest BCUT2D eigenvalue weighted by atomic mass is 35.5. The van der Waals surface area contributed by atoms with Gasteiger partial charge in [-0.05, 0) is 38.6 Å². The van der Waals surface area contributed by atoms with Crippen LogP contribution in [0.2, 0.25) is 5.15 Å². The van der Waals surface area contributed by atoms with Crippen molar-refractivity contribution in [3.8, 4) is 0 Å². The molecule has 1 aliphatic heterocycles. The minimum absolute atomic E-state index is 0.443. The molecule has 5 heteroatoms. The number of hydrogen-bond acceptors (Lipinski definition) is 4. The van der Waals surface area contributed by atoms with Crippen molar-refractivity contribution >= 4 is 17.4 Å². The molecule has 1 saturated heterocycles. The van der Waals surface area contributed by atoms with Crippen LogP contribution in [0, 0.1) is 0 Å². The largest absolute Gasteiger partial charge is 0.354 e. The lowest BCUT2D eigenvalue weighted by atomic mass is 10.1. The smallest absolute Gasteiger partial charge is 0.151 e. The van der Waals surface area contributed by atoms with Crippen LogP contribution >= 0.6 is 11.6 Å². The number of nitrogens with zero attached hydrogens (tertiary/aromatic N) is 4. The normalized spacial score (nSPS) is 22.1. The third-order valence-electron chi connectivity index (χ3n) is 3.13. The lowest BCUT2D eigenvalue weighted by Gasteiger charge is -2.36. The number of anilines is 1. The first-order valence-corrected chi connectivity index (χ1v) is 5.95. The molecule has 0 N–H and O–H groups in total. The summed E-state index contributed by atoms with van der Waals surface area (Å²) in [6.07, 6.45) is 2.46. The Balaban J connectivity index is 2.06. The molecule has 0 aromatic carbocycles. The number of halogens is 1. The molecule has 0 spiro atoms. The maximum Gasteiger partial charge on any atom is 0.151 e. The molecule has 4 nitrogen and oxygen atoms in total. The van der Waals surface area contributed by atoms with Crippen molar-refractivity contribution in [1.82, 2.24) is 15.1 Å². The summed E-state index contributed by atoms with van der Waals surface area (Å²) in [7, 11) is 4.23. The predicted molar refractivity (Wildman–Crippen MR) is 66.0 cm³/mol. The van der Waals surface area contributed by atoms with Crippen LogP contribution in [-0.4, -0.2) is 48.3 Å². The zero-order valence-corrected chi connectivity index (χ0v) is 10.5. The fourth-order valence-corrected chi connectivity index (χ4v) is 2.24. The Morgan fingerprint density at radius 3 is 2.88 bits per heavy atom. The second kappa shape index (κ2) is 4.97. The Bertz CT molecular complexity index is 340. The van der Waals surface area contributed by atoms with E-state index in [1.165, 1.54) is 19.4 Å². The summed E-state index contributed by atoms with van der Waals surface area (Å²) in [6, 6.07) is 4.23. The van der Waals surface area contributed by atoms with Gasteiger partial charge < -0.3 is 9.80 Å². The van der Waals surface area contributed by atoms with E-state index in [9.17, 15) is 0 Å². The van der Waals surface area contributed by atoms with Crippen LogP contribution < -0.4 is 4.90 Å². The molecule has 88 valence electrons. The molecule has 0 saturated carbocycles. The van der Waals surface area contributed by atoms with Gasteiger partial charge in [-0.3, -0.25) is 0 Å². The lowest BCUT2D eigenvalue weighted by Crippen LogP contribution is -2.45. The molecular formula is C11H17ClN4. The summed E-state index contributed by atoms with van der Waals surface area (Å²) < 4.78 is 0. The van der Waals surface area contributed by atoms with Crippen molar-refractivity contribution in [2.24, 2.45) is 0 Å². The number of likely N-dealkylation sites (N-methyl/N-ethyl adjacent to an activating group) is 2. The second-order valence-corrected chi connectivity index (χ2v) is 4.77. The summed E-state index contributed by atoms with van der Waals surface area (Å²) in [4.78, 5) is 4.55. The van der Waals surface area contributed by atoms with Crippen LogP contribution in [0.3, 0.4) is 0 Å². The topological polar surface area (TPSA) is 32.3 Å². The van der Waals surface area contributed by atoms with E-state index >= 15 is 0 Å². The van der Waals surface area contributed by atoms with Crippen molar-refractivity contribution in [1.29, 1.82) is 0 Å². The van der Waals surface area contributed by atoms with E-state index in [4.69, 9.17) is 11.6 Å². The molecule has 2 heterocycles. The van der Waals surface area contributed by atoms with Gasteiger partial charge in [0.05, 0.1) is 0 Å². The third-order valence-corrected chi connectivity index (χ3v) is 3.33. The minimum Gasteiger partial charge on any atom is -0.354 e. The fourth-order valence-electron chi connectivity index (χ4n) is 2.14. The van der Waals surface area contributed by atoms with Crippen molar-refractivity contribution in [3.63, 3.8) is 0 Å². The number of piperidine rings is 1. The van der Waals surface area contributed by atoms with Gasteiger partial charge in [-0.1, -0.05) is 11.6 Å². The van der Waals surface area contributed by atoms with Crippen LogP contribution in [0.15, 0.2) is 12.1 Å². The first kappa shape index (κ1) is 11.6. The Kier molecular flexibility index (Phi) is 3.61. The van der Waals surface area contributed by atoms with Gasteiger partial charge in [0.1, 0.15) is 0 Å². The Morgan fingerprint density at radius 2 is 2.25 bits per heavy atom. The van der Waals surface area contributed by atoms with Gasteiger partial charge in [0.15, 0.2) is 11.0 Å². The maximum absolute atomic E-state index is 5.72. The first-order valence-electron chi connectivity index (χ1n) is 5.57. The summed E-state index contributed by atoms with van der Waals surface area (Å²) in [6.45, 7) is 2.28. The fraction of sp³-hybridized carbons (Fsp3) is 0.636. The van der Waals surface area contributed by atoms with E-state index in [1.807, 2.05) is 6.07 Å². The molecule has 0 unspecified atom stereocenters. The van der Waals surface area contributed by atoms with Crippen LogP contribution in [0.4, 0.5) is 5.82 Å². The predicted octanol–water partition coefficient (Wildman–Crippen LogP) is 1.66. The van der Waals surface area contributed by atoms with Gasteiger partial charge in [0.25, 0.3) is 0 Å². The van der Waals surface area contributed by atoms with Gasteiger partial charge >= 0.3 is 0 Å². The second-order valence-electron chi connectivity index (χ2n) is 4.38. The van der Waals surface area contributed by atoms with Gasteiger partial charge in [-0.25, -0.2) is 0 Å². The van der Waals surface area contributed by atoms with E-state index in [0.29, 0.717) is 11.2 Å². The summed E-state index contributed by atoms with van der Waals surface area (Å²) in [5.41, 5.74) is 0. The SMILES string of the molecule is CN1CCC[C@@H](N(C)c2ccc(Cl)nn2)C1. The zero-order chi connectivity index (χ0) is 11.5. The average molecular weight is 241 g/mol. The quantitative estimate of drug-likeness (QED) is 0.787. The number of aromatic nitrogens is 2. The van der Waals surface area contributed by atoms with Gasteiger partial charge in [-0.15, -0.1) is 10.2 Å². The molecule has 1 aromatic heterocycles. The highest BCUT2D eigenvalue weighted by molar-refractivity contribution is 6.29. The van der Waals surface area contributed by atoms with E-state index in [2.05, 4.69) is 34.1 Å². The van der Waals surface area contributed by atoms with Crippen LogP contribution in [-0.2, 0) is 0 Å². The Labute approximate surface area is 101 Å². The summed E-state index contributed by atoms with van der Waals surface area (Å²) in [5.74, 6) is 0.893. The Hall–Kier alpha value is -0.870. The van der Waals surface area contributed by atoms with Crippen LogP contribution in [0.25, 0.3) is 0 Å². The van der Waals surface area contributed by atoms with Crippen LogP contribution in [0.1, 0.15) is 12.8 Å². The standard InChI is InChI=1S/C11H17ClN4/c1-15-7-3-4-9(8-15)16(2)11-6-5-10(12)13-14-11/h5-6,9H,3-4,7-8H2,1-2H3/t9-/m1/s1. The van der Waals surface area contributed by atoms with Gasteiger partial charge in [0.2, 0.25) is 0 Å². The number of hydrogen-bond donors (Lipinski definition) is 0. The van der Waals surface area contributed by atoms with Crippen molar-refractivity contribution in [2.75, 3.05) is 32.1 Å². The lowest BCUT2D eigenvalue weighted by molar-refractivity contribution is 0.247. The maximum atomic E-state index is 5.72. The van der Waals surface area contributed by atoms with Crippen molar-refractivity contribution in [3.05, 3.63) is 17.3 Å². The summed E-state index contributed by atoms with van der Waals surface area (Å²) >= 11 is 5.72. The monoisotopic (exact) mass is 240 g/mol.